The summed E-state index contributed by atoms with van der Waals surface area (Å²) in [5.74, 6) is -0.952. The van der Waals surface area contributed by atoms with E-state index in [4.69, 9.17) is 10.8 Å². The summed E-state index contributed by atoms with van der Waals surface area (Å²) in [6, 6.07) is 6.17. The first-order valence-electron chi connectivity index (χ1n) is 2.79. The molecule has 0 amide bonds. The van der Waals surface area contributed by atoms with Crippen molar-refractivity contribution in [3.63, 3.8) is 0 Å². The van der Waals surface area contributed by atoms with Crippen molar-refractivity contribution in [2.24, 2.45) is 0 Å². The Labute approximate surface area is 74.7 Å². The van der Waals surface area contributed by atoms with Crippen LogP contribution in [-0.4, -0.2) is 11.1 Å². The molecule has 0 atom stereocenters. The molecule has 0 spiro atoms. The van der Waals surface area contributed by atoms with Gasteiger partial charge in [0.1, 0.15) is 0 Å². The van der Waals surface area contributed by atoms with E-state index < -0.39 is 5.97 Å². The predicted octanol–water partition coefficient (Wildman–Crippen LogP) is 0.965. The second kappa shape index (κ2) is 4.01. The van der Waals surface area contributed by atoms with Crippen LogP contribution in [0.5, 0.6) is 0 Å². The molecule has 61 valence electrons. The van der Waals surface area contributed by atoms with E-state index in [1.807, 2.05) is 0 Å². The van der Waals surface area contributed by atoms with Gasteiger partial charge in [0.2, 0.25) is 0 Å². The molecule has 0 saturated heterocycles. The summed E-state index contributed by atoms with van der Waals surface area (Å²) in [6.45, 7) is 0. The molecule has 1 radical (unpaired) electrons. The minimum Gasteiger partial charge on any atom is -0.478 e. The number of hydrogen-bond donors (Lipinski definition) is 2. The fourth-order valence-corrected chi connectivity index (χ4v) is 0.672. The van der Waals surface area contributed by atoms with Crippen molar-refractivity contribution in [3.05, 3.63) is 29.8 Å². The van der Waals surface area contributed by atoms with Crippen LogP contribution >= 0.6 is 0 Å². The van der Waals surface area contributed by atoms with Gasteiger partial charge < -0.3 is 10.8 Å². The third-order valence-corrected chi connectivity index (χ3v) is 1.13. The molecule has 3 N–H and O–H groups in total. The molecule has 0 bridgehead atoms. The summed E-state index contributed by atoms with van der Waals surface area (Å²) in [4.78, 5) is 10.3. The van der Waals surface area contributed by atoms with Crippen molar-refractivity contribution in [2.75, 3.05) is 5.73 Å². The van der Waals surface area contributed by atoms with Crippen molar-refractivity contribution in [2.45, 2.75) is 0 Å². The first-order valence-corrected chi connectivity index (χ1v) is 2.79. The van der Waals surface area contributed by atoms with Crippen molar-refractivity contribution in [3.8, 4) is 0 Å². The SMILES string of the molecule is Nc1cccc(C(=O)O)c1.[Cu+2]. The monoisotopic (exact) mass is 200 g/mol. The number of carboxylic acids is 1. The van der Waals surface area contributed by atoms with Crippen LogP contribution in [-0.2, 0) is 17.1 Å². The molecule has 1 aromatic rings. The van der Waals surface area contributed by atoms with E-state index in [0.717, 1.165) is 0 Å². The molecule has 11 heavy (non-hydrogen) atoms. The van der Waals surface area contributed by atoms with Crippen LogP contribution in [0.1, 0.15) is 10.4 Å². The Morgan fingerprint density at radius 3 is 2.45 bits per heavy atom. The van der Waals surface area contributed by atoms with Gasteiger partial charge in [0.25, 0.3) is 0 Å². The van der Waals surface area contributed by atoms with Crippen LogP contribution in [0.3, 0.4) is 0 Å². The summed E-state index contributed by atoms with van der Waals surface area (Å²) in [5, 5.41) is 8.45. The zero-order chi connectivity index (χ0) is 7.56. The van der Waals surface area contributed by atoms with Gasteiger partial charge in [0.05, 0.1) is 5.56 Å². The molecule has 0 aromatic heterocycles. The number of carbonyl (C=O) groups is 1. The third-order valence-electron chi connectivity index (χ3n) is 1.13. The number of anilines is 1. The van der Waals surface area contributed by atoms with Crippen LogP contribution < -0.4 is 5.73 Å². The summed E-state index contributed by atoms with van der Waals surface area (Å²) >= 11 is 0. The molecular formula is C7H7CuNO2+2. The minimum atomic E-state index is -0.952. The zero-order valence-electron chi connectivity index (χ0n) is 5.54. The summed E-state index contributed by atoms with van der Waals surface area (Å²) in [7, 11) is 0. The second-order valence-electron chi connectivity index (χ2n) is 1.93. The van der Waals surface area contributed by atoms with Gasteiger partial charge in [-0.1, -0.05) is 6.07 Å². The minimum absolute atomic E-state index is 0. The van der Waals surface area contributed by atoms with E-state index in [1.54, 1.807) is 12.1 Å². The van der Waals surface area contributed by atoms with Gasteiger partial charge in [-0.25, -0.2) is 4.79 Å². The average Bonchev–Trinajstić information content (AvgIpc) is 1.88. The molecule has 3 nitrogen and oxygen atoms in total. The smallest absolute Gasteiger partial charge is 0.478 e. The normalized spacial score (nSPS) is 8.36. The Morgan fingerprint density at radius 2 is 2.09 bits per heavy atom. The van der Waals surface area contributed by atoms with E-state index in [1.165, 1.54) is 12.1 Å². The Morgan fingerprint density at radius 1 is 1.45 bits per heavy atom. The maximum Gasteiger partial charge on any atom is 2.00 e. The average molecular weight is 201 g/mol. The Kier molecular flexibility index (Phi) is 3.65. The molecule has 0 saturated carbocycles. The molecule has 0 heterocycles. The molecule has 0 unspecified atom stereocenters. The van der Waals surface area contributed by atoms with Gasteiger partial charge >= 0.3 is 23.0 Å². The number of rotatable bonds is 1. The van der Waals surface area contributed by atoms with Crippen LogP contribution in [0.2, 0.25) is 0 Å². The van der Waals surface area contributed by atoms with Gasteiger partial charge in [-0.15, -0.1) is 0 Å². The first-order chi connectivity index (χ1) is 4.70. The van der Waals surface area contributed by atoms with Crippen LogP contribution in [0, 0.1) is 0 Å². The number of nitrogens with two attached hydrogens (primary N) is 1. The topological polar surface area (TPSA) is 63.3 Å². The van der Waals surface area contributed by atoms with Crippen molar-refractivity contribution < 1.29 is 27.0 Å². The predicted molar refractivity (Wildman–Crippen MR) is 37.8 cm³/mol. The summed E-state index contributed by atoms with van der Waals surface area (Å²) < 4.78 is 0. The van der Waals surface area contributed by atoms with Crippen LogP contribution in [0.25, 0.3) is 0 Å². The fourth-order valence-electron chi connectivity index (χ4n) is 0.672. The second-order valence-corrected chi connectivity index (χ2v) is 1.93. The van der Waals surface area contributed by atoms with Crippen LogP contribution in [0.4, 0.5) is 5.69 Å². The van der Waals surface area contributed by atoms with Crippen molar-refractivity contribution in [1.29, 1.82) is 0 Å². The van der Waals surface area contributed by atoms with Crippen molar-refractivity contribution >= 4 is 11.7 Å². The van der Waals surface area contributed by atoms with E-state index >= 15 is 0 Å². The Balaban J connectivity index is 0.000001000. The third kappa shape index (κ3) is 2.62. The maximum atomic E-state index is 10.3. The van der Waals surface area contributed by atoms with Crippen LogP contribution in [0.15, 0.2) is 24.3 Å². The van der Waals surface area contributed by atoms with Gasteiger partial charge in [0, 0.05) is 5.69 Å². The van der Waals surface area contributed by atoms with Gasteiger partial charge in [-0.05, 0) is 18.2 Å². The summed E-state index contributed by atoms with van der Waals surface area (Å²) in [5.41, 5.74) is 6.03. The molecule has 1 aromatic carbocycles. The number of nitrogen functional groups attached to an aromatic ring is 1. The fraction of sp³-hybridized carbons (Fsp3) is 0. The molecule has 0 fully saturated rings. The first kappa shape index (κ1) is 10.0. The van der Waals surface area contributed by atoms with E-state index in [-0.39, 0.29) is 22.6 Å². The maximum absolute atomic E-state index is 10.3. The van der Waals surface area contributed by atoms with Crippen molar-refractivity contribution in [1.82, 2.24) is 0 Å². The van der Waals surface area contributed by atoms with Gasteiger partial charge in [-0.3, -0.25) is 0 Å². The van der Waals surface area contributed by atoms with E-state index in [0.29, 0.717) is 5.69 Å². The molecule has 1 rings (SSSR count). The largest absolute Gasteiger partial charge is 2.00 e. The molecule has 4 heteroatoms. The van der Waals surface area contributed by atoms with E-state index in [9.17, 15) is 4.79 Å². The van der Waals surface area contributed by atoms with E-state index in [2.05, 4.69) is 0 Å². The number of carboxylic acid groups (broad SMARTS) is 1. The number of aromatic carboxylic acids is 1. The molecule has 0 aliphatic carbocycles. The Bertz CT molecular complexity index is 262. The molecule has 0 aliphatic rings. The summed E-state index contributed by atoms with van der Waals surface area (Å²) in [6.07, 6.45) is 0. The molecular weight excluding hydrogens is 194 g/mol. The number of hydrogen-bond acceptors (Lipinski definition) is 2. The molecule has 0 aliphatic heterocycles. The standard InChI is InChI=1S/C7H7NO2.Cu/c8-6-3-1-2-5(4-6)7(9)10;/h1-4H,8H2,(H,9,10);/q;+2. The Hall–Kier alpha value is -0.991. The number of benzene rings is 1. The quantitative estimate of drug-likeness (QED) is 0.525. The zero-order valence-corrected chi connectivity index (χ0v) is 6.49. The van der Waals surface area contributed by atoms with Gasteiger partial charge in [-0.2, -0.15) is 0 Å². The van der Waals surface area contributed by atoms with Gasteiger partial charge in [0.15, 0.2) is 0 Å².